The van der Waals surface area contributed by atoms with E-state index in [-0.39, 0.29) is 5.91 Å². The zero-order chi connectivity index (χ0) is 18.0. The van der Waals surface area contributed by atoms with Crippen LogP contribution in [0.1, 0.15) is 10.4 Å². The minimum Gasteiger partial charge on any atom is -0.308 e. The molecule has 1 heterocycles. The summed E-state index contributed by atoms with van der Waals surface area (Å²) in [5, 5.41) is 1.32. The molecule has 3 rings (SSSR count). The summed E-state index contributed by atoms with van der Waals surface area (Å²) < 4.78 is 2.04. The maximum absolute atomic E-state index is 13.0. The van der Waals surface area contributed by atoms with Crippen molar-refractivity contribution < 1.29 is 4.79 Å². The number of likely N-dealkylation sites (N-methyl/N-ethyl adjacent to an activating group) is 1. The summed E-state index contributed by atoms with van der Waals surface area (Å²) in [6, 6.07) is 12.9. The molecule has 0 fully saturated rings. The van der Waals surface area contributed by atoms with E-state index in [1.54, 1.807) is 29.2 Å². The van der Waals surface area contributed by atoms with Crippen molar-refractivity contribution in [1.29, 1.82) is 0 Å². The quantitative estimate of drug-likeness (QED) is 0.567. The van der Waals surface area contributed by atoms with Gasteiger partial charge < -0.3 is 4.90 Å². The number of rotatable bonds is 5. The van der Waals surface area contributed by atoms with Crippen molar-refractivity contribution in [2.45, 2.75) is 0 Å². The van der Waals surface area contributed by atoms with Gasteiger partial charge in [-0.3, -0.25) is 9.69 Å². The summed E-state index contributed by atoms with van der Waals surface area (Å²) in [5.74, 6) is -0.0726. The van der Waals surface area contributed by atoms with Gasteiger partial charge >= 0.3 is 0 Å². The number of amides is 1. The molecule has 1 aromatic heterocycles. The summed E-state index contributed by atoms with van der Waals surface area (Å²) in [4.78, 5) is 21.5. The first-order valence-electron chi connectivity index (χ1n) is 7.72. The van der Waals surface area contributed by atoms with E-state index in [1.807, 2.05) is 37.2 Å². The van der Waals surface area contributed by atoms with Crippen LogP contribution in [0.2, 0.25) is 5.02 Å². The van der Waals surface area contributed by atoms with Crippen LogP contribution in [0.25, 0.3) is 10.2 Å². The van der Waals surface area contributed by atoms with E-state index in [9.17, 15) is 4.79 Å². The highest BCUT2D eigenvalue weighted by Gasteiger charge is 2.21. The molecular weight excluding hydrogens is 422 g/mol. The fourth-order valence-electron chi connectivity index (χ4n) is 2.33. The molecule has 0 unspecified atom stereocenters. The molecule has 0 saturated heterocycles. The van der Waals surface area contributed by atoms with E-state index >= 15 is 0 Å². The van der Waals surface area contributed by atoms with Gasteiger partial charge in [-0.15, -0.1) is 0 Å². The number of thiazole rings is 1. The van der Waals surface area contributed by atoms with Crippen molar-refractivity contribution in [2.75, 3.05) is 32.1 Å². The predicted molar refractivity (Wildman–Crippen MR) is 109 cm³/mol. The summed E-state index contributed by atoms with van der Waals surface area (Å²) in [6.45, 7) is 1.31. The van der Waals surface area contributed by atoms with Crippen molar-refractivity contribution in [3.63, 3.8) is 0 Å². The number of fused-ring (bicyclic) bond motifs is 1. The zero-order valence-electron chi connectivity index (χ0n) is 13.9. The molecule has 0 spiro atoms. The first kappa shape index (κ1) is 18.3. The Balaban J connectivity index is 1.97. The van der Waals surface area contributed by atoms with Gasteiger partial charge in [0.25, 0.3) is 5.91 Å². The van der Waals surface area contributed by atoms with Gasteiger partial charge in [0.2, 0.25) is 0 Å². The second-order valence-electron chi connectivity index (χ2n) is 5.88. The minimum atomic E-state index is -0.0726. The molecule has 3 aromatic rings. The minimum absolute atomic E-state index is 0.0726. The lowest BCUT2D eigenvalue weighted by Gasteiger charge is -2.22. The average molecular weight is 439 g/mol. The Morgan fingerprint density at radius 3 is 2.56 bits per heavy atom. The Morgan fingerprint density at radius 1 is 1.16 bits per heavy atom. The Kier molecular flexibility index (Phi) is 5.74. The lowest BCUT2D eigenvalue weighted by Crippen LogP contribution is -2.36. The summed E-state index contributed by atoms with van der Waals surface area (Å²) in [7, 11) is 3.97. The van der Waals surface area contributed by atoms with E-state index in [0.29, 0.717) is 22.3 Å². The molecule has 4 nitrogen and oxygen atoms in total. The predicted octanol–water partition coefficient (Wildman–Crippen LogP) is 4.92. The van der Waals surface area contributed by atoms with Crippen molar-refractivity contribution >= 4 is 60.1 Å². The molecule has 130 valence electrons. The van der Waals surface area contributed by atoms with Gasteiger partial charge in [0.1, 0.15) is 0 Å². The number of anilines is 1. The van der Waals surface area contributed by atoms with Crippen LogP contribution in [0.3, 0.4) is 0 Å². The van der Waals surface area contributed by atoms with E-state index in [4.69, 9.17) is 11.6 Å². The third-order valence-electron chi connectivity index (χ3n) is 3.68. The molecule has 0 aliphatic carbocycles. The fraction of sp³-hybridized carbons (Fsp3) is 0.222. The second-order valence-corrected chi connectivity index (χ2v) is 8.24. The third kappa shape index (κ3) is 4.39. The lowest BCUT2D eigenvalue weighted by molar-refractivity contribution is 0.0985. The van der Waals surface area contributed by atoms with Crippen LogP contribution in [0.5, 0.6) is 0 Å². The van der Waals surface area contributed by atoms with Gasteiger partial charge in [-0.25, -0.2) is 4.98 Å². The Bertz CT molecular complexity index is 895. The number of hydrogen-bond donors (Lipinski definition) is 0. The zero-order valence-corrected chi connectivity index (χ0v) is 17.0. The molecule has 0 bridgehead atoms. The van der Waals surface area contributed by atoms with E-state index in [2.05, 4.69) is 20.9 Å². The van der Waals surface area contributed by atoms with Gasteiger partial charge in [-0.2, -0.15) is 0 Å². The average Bonchev–Trinajstić information content (AvgIpc) is 2.98. The number of halogens is 2. The fourth-order valence-corrected chi connectivity index (χ4v) is 4.00. The summed E-state index contributed by atoms with van der Waals surface area (Å²) in [5.41, 5.74) is 1.49. The SMILES string of the molecule is CN(C)CCN(C(=O)c1ccc(Cl)cc1)c1nc2ccc(Br)cc2s1. The van der Waals surface area contributed by atoms with Crippen molar-refractivity contribution in [2.24, 2.45) is 0 Å². The van der Waals surface area contributed by atoms with Crippen LogP contribution in [-0.2, 0) is 0 Å². The van der Waals surface area contributed by atoms with Gasteiger partial charge in [-0.1, -0.05) is 38.9 Å². The molecule has 0 atom stereocenters. The van der Waals surface area contributed by atoms with Crippen LogP contribution >= 0.6 is 38.9 Å². The van der Waals surface area contributed by atoms with Crippen molar-refractivity contribution in [3.8, 4) is 0 Å². The maximum Gasteiger partial charge on any atom is 0.260 e. The molecule has 7 heteroatoms. The van der Waals surface area contributed by atoms with Crippen molar-refractivity contribution in [1.82, 2.24) is 9.88 Å². The van der Waals surface area contributed by atoms with Gasteiger partial charge in [0.15, 0.2) is 5.13 Å². The standard InChI is InChI=1S/C18H17BrClN3OS/c1-22(2)9-10-23(17(24)12-3-6-14(20)7-4-12)18-21-15-8-5-13(19)11-16(15)25-18/h3-8,11H,9-10H2,1-2H3. The number of aromatic nitrogens is 1. The highest BCUT2D eigenvalue weighted by molar-refractivity contribution is 9.10. The molecule has 0 aliphatic heterocycles. The monoisotopic (exact) mass is 437 g/mol. The molecule has 0 saturated carbocycles. The van der Waals surface area contributed by atoms with Crippen LogP contribution in [-0.4, -0.2) is 43.0 Å². The van der Waals surface area contributed by atoms with Crippen LogP contribution in [0.15, 0.2) is 46.9 Å². The molecular formula is C18H17BrClN3OS. The Labute approximate surface area is 164 Å². The van der Waals surface area contributed by atoms with Crippen LogP contribution < -0.4 is 4.90 Å². The van der Waals surface area contributed by atoms with Gasteiger partial charge in [-0.05, 0) is 56.6 Å². The molecule has 25 heavy (non-hydrogen) atoms. The summed E-state index contributed by atoms with van der Waals surface area (Å²) in [6.07, 6.45) is 0. The van der Waals surface area contributed by atoms with Crippen LogP contribution in [0, 0.1) is 0 Å². The number of benzene rings is 2. The molecule has 0 N–H and O–H groups in total. The second kappa shape index (κ2) is 7.83. The maximum atomic E-state index is 13.0. The highest BCUT2D eigenvalue weighted by Crippen LogP contribution is 2.31. The number of hydrogen-bond acceptors (Lipinski definition) is 4. The van der Waals surface area contributed by atoms with Crippen LogP contribution in [0.4, 0.5) is 5.13 Å². The van der Waals surface area contributed by atoms with E-state index in [0.717, 1.165) is 21.2 Å². The summed E-state index contributed by atoms with van der Waals surface area (Å²) >= 11 is 10.9. The lowest BCUT2D eigenvalue weighted by atomic mass is 10.2. The first-order valence-corrected chi connectivity index (χ1v) is 9.71. The number of carbonyl (C=O) groups is 1. The van der Waals surface area contributed by atoms with Gasteiger partial charge in [0, 0.05) is 28.1 Å². The normalized spacial score (nSPS) is 11.2. The topological polar surface area (TPSA) is 36.4 Å². The Hall–Kier alpha value is -1.47. The number of nitrogens with zero attached hydrogens (tertiary/aromatic N) is 3. The first-order chi connectivity index (χ1) is 11.9. The third-order valence-corrected chi connectivity index (χ3v) is 5.46. The number of carbonyl (C=O) groups excluding carboxylic acids is 1. The molecule has 0 aliphatic rings. The van der Waals surface area contributed by atoms with Gasteiger partial charge in [0.05, 0.1) is 10.2 Å². The molecule has 1 amide bonds. The van der Waals surface area contributed by atoms with E-state index < -0.39 is 0 Å². The van der Waals surface area contributed by atoms with E-state index in [1.165, 1.54) is 11.3 Å². The highest BCUT2D eigenvalue weighted by atomic mass is 79.9. The Morgan fingerprint density at radius 2 is 1.88 bits per heavy atom. The largest absolute Gasteiger partial charge is 0.308 e. The molecule has 2 aromatic carbocycles. The molecule has 0 radical (unpaired) electrons. The van der Waals surface area contributed by atoms with Crippen molar-refractivity contribution in [3.05, 3.63) is 57.5 Å². The smallest absolute Gasteiger partial charge is 0.260 e.